The maximum Gasteiger partial charge on any atom is 0.274 e. The molecule has 8 heteroatoms. The van der Waals surface area contributed by atoms with Crippen molar-refractivity contribution >= 4 is 5.91 Å². The Bertz CT molecular complexity index is 1040. The fourth-order valence-electron chi connectivity index (χ4n) is 3.93. The summed E-state index contributed by atoms with van der Waals surface area (Å²) in [4.78, 5) is 19.3. The van der Waals surface area contributed by atoms with Gasteiger partial charge >= 0.3 is 0 Å². The Morgan fingerprint density at radius 3 is 3.00 bits per heavy atom. The minimum Gasteiger partial charge on any atom is -0.454 e. The van der Waals surface area contributed by atoms with Crippen molar-refractivity contribution in [3.63, 3.8) is 0 Å². The molecule has 0 spiro atoms. The largest absolute Gasteiger partial charge is 0.454 e. The van der Waals surface area contributed by atoms with Crippen molar-refractivity contribution in [2.75, 3.05) is 13.3 Å². The molecule has 0 aliphatic carbocycles. The molecule has 5 rings (SSSR count). The summed E-state index contributed by atoms with van der Waals surface area (Å²) in [7, 11) is 0. The van der Waals surface area contributed by atoms with E-state index in [0.717, 1.165) is 30.6 Å². The van der Waals surface area contributed by atoms with Crippen molar-refractivity contribution in [3.05, 3.63) is 36.5 Å². The molecule has 0 saturated carbocycles. The van der Waals surface area contributed by atoms with Crippen LogP contribution in [-0.4, -0.2) is 44.9 Å². The predicted molar refractivity (Wildman–Crippen MR) is 104 cm³/mol. The van der Waals surface area contributed by atoms with E-state index < -0.39 is 0 Å². The van der Waals surface area contributed by atoms with Crippen LogP contribution in [0.4, 0.5) is 0 Å². The molecule has 1 fully saturated rings. The molecule has 1 unspecified atom stereocenters. The highest BCUT2D eigenvalue weighted by Crippen LogP contribution is 2.35. The van der Waals surface area contributed by atoms with Gasteiger partial charge in [-0.25, -0.2) is 0 Å². The minimum absolute atomic E-state index is 0.116. The summed E-state index contributed by atoms with van der Waals surface area (Å²) >= 11 is 0. The SMILES string of the molecule is CC1CCCCN1C(=O)Cn1cccc1-c1nc(-c2ccc3c(c2)OCO3)no1. The molecular formula is C21H22N4O4. The number of rotatable bonds is 4. The van der Waals surface area contributed by atoms with Crippen LogP contribution < -0.4 is 9.47 Å². The van der Waals surface area contributed by atoms with Gasteiger partial charge in [0, 0.05) is 24.3 Å². The monoisotopic (exact) mass is 394 g/mol. The van der Waals surface area contributed by atoms with Crippen LogP contribution in [0.2, 0.25) is 0 Å². The minimum atomic E-state index is 0.116. The molecule has 2 aliphatic heterocycles. The first-order chi connectivity index (χ1) is 14.2. The van der Waals surface area contributed by atoms with Gasteiger partial charge in [-0.3, -0.25) is 4.79 Å². The van der Waals surface area contributed by atoms with Gasteiger partial charge in [0.2, 0.25) is 18.5 Å². The summed E-state index contributed by atoms with van der Waals surface area (Å²) in [5, 5.41) is 4.10. The van der Waals surface area contributed by atoms with Crippen molar-refractivity contribution < 1.29 is 18.8 Å². The number of amides is 1. The highest BCUT2D eigenvalue weighted by molar-refractivity contribution is 5.77. The van der Waals surface area contributed by atoms with Crippen LogP contribution >= 0.6 is 0 Å². The molecule has 0 N–H and O–H groups in total. The summed E-state index contributed by atoms with van der Waals surface area (Å²) in [5.41, 5.74) is 1.50. The number of piperidine rings is 1. The Labute approximate surface area is 168 Å². The normalized spacial score (nSPS) is 18.2. The van der Waals surface area contributed by atoms with Gasteiger partial charge in [0.05, 0.1) is 0 Å². The molecule has 1 atom stereocenters. The molecule has 1 saturated heterocycles. The maximum atomic E-state index is 12.8. The van der Waals surface area contributed by atoms with Crippen LogP contribution in [0, 0.1) is 0 Å². The van der Waals surface area contributed by atoms with Crippen LogP contribution in [0.1, 0.15) is 26.2 Å². The Hall–Kier alpha value is -3.29. The lowest BCUT2D eigenvalue weighted by atomic mass is 10.0. The highest BCUT2D eigenvalue weighted by Gasteiger charge is 2.24. The lowest BCUT2D eigenvalue weighted by molar-refractivity contribution is -0.135. The van der Waals surface area contributed by atoms with E-state index in [-0.39, 0.29) is 25.3 Å². The zero-order valence-electron chi connectivity index (χ0n) is 16.2. The highest BCUT2D eigenvalue weighted by atomic mass is 16.7. The first kappa shape index (κ1) is 17.8. The van der Waals surface area contributed by atoms with Crippen molar-refractivity contribution in [1.82, 2.24) is 19.6 Å². The molecule has 3 aromatic rings. The zero-order chi connectivity index (χ0) is 19.8. The van der Waals surface area contributed by atoms with Crippen molar-refractivity contribution in [2.24, 2.45) is 0 Å². The van der Waals surface area contributed by atoms with Crippen LogP contribution in [0.5, 0.6) is 11.5 Å². The summed E-state index contributed by atoms with van der Waals surface area (Å²) < 4.78 is 18.1. The zero-order valence-corrected chi connectivity index (χ0v) is 16.2. The van der Waals surface area contributed by atoms with Gasteiger partial charge in [-0.15, -0.1) is 0 Å². The van der Waals surface area contributed by atoms with E-state index in [0.29, 0.717) is 23.2 Å². The molecule has 2 aromatic heterocycles. The van der Waals surface area contributed by atoms with Gasteiger partial charge in [0.25, 0.3) is 5.89 Å². The standard InChI is InChI=1S/C21H22N4O4/c1-14-5-2-3-10-25(14)19(26)12-24-9-4-6-16(24)21-22-20(23-29-21)15-7-8-17-18(11-15)28-13-27-17/h4,6-9,11,14H,2-3,5,10,12-13H2,1H3. The molecule has 4 heterocycles. The molecule has 0 bridgehead atoms. The topological polar surface area (TPSA) is 82.6 Å². The summed E-state index contributed by atoms with van der Waals surface area (Å²) in [6.45, 7) is 3.41. The second-order valence-corrected chi connectivity index (χ2v) is 7.44. The Morgan fingerprint density at radius 2 is 2.10 bits per heavy atom. The van der Waals surface area contributed by atoms with Crippen molar-refractivity contribution in [1.29, 1.82) is 0 Å². The Balaban J connectivity index is 1.36. The van der Waals surface area contributed by atoms with Crippen molar-refractivity contribution in [2.45, 2.75) is 38.8 Å². The van der Waals surface area contributed by atoms with Gasteiger partial charge in [-0.05, 0) is 56.5 Å². The molecule has 2 aliphatic rings. The maximum absolute atomic E-state index is 12.8. The van der Waals surface area contributed by atoms with Crippen molar-refractivity contribution in [3.8, 4) is 34.5 Å². The van der Waals surface area contributed by atoms with Gasteiger partial charge in [0.1, 0.15) is 12.2 Å². The number of fused-ring (bicyclic) bond motifs is 1. The lowest BCUT2D eigenvalue weighted by Crippen LogP contribution is -2.43. The second-order valence-electron chi connectivity index (χ2n) is 7.44. The molecular weight excluding hydrogens is 372 g/mol. The van der Waals surface area contributed by atoms with E-state index in [1.807, 2.05) is 46.0 Å². The van der Waals surface area contributed by atoms with Crippen LogP contribution in [-0.2, 0) is 11.3 Å². The fourth-order valence-corrected chi connectivity index (χ4v) is 3.93. The number of benzene rings is 1. The molecule has 150 valence electrons. The first-order valence-electron chi connectivity index (χ1n) is 9.88. The number of hydrogen-bond donors (Lipinski definition) is 0. The van der Waals surface area contributed by atoms with E-state index in [2.05, 4.69) is 17.1 Å². The number of nitrogens with zero attached hydrogens (tertiary/aromatic N) is 4. The van der Waals surface area contributed by atoms with Gasteiger partial charge < -0.3 is 23.5 Å². The number of carbonyl (C=O) groups is 1. The van der Waals surface area contributed by atoms with E-state index in [1.165, 1.54) is 6.42 Å². The number of hydrogen-bond acceptors (Lipinski definition) is 6. The van der Waals surface area contributed by atoms with Crippen LogP contribution in [0.3, 0.4) is 0 Å². The van der Waals surface area contributed by atoms with Gasteiger partial charge in [0.15, 0.2) is 11.5 Å². The quantitative estimate of drug-likeness (QED) is 0.675. The predicted octanol–water partition coefficient (Wildman–Crippen LogP) is 3.33. The molecule has 1 amide bonds. The third-order valence-electron chi connectivity index (χ3n) is 5.53. The first-order valence-corrected chi connectivity index (χ1v) is 9.88. The molecule has 29 heavy (non-hydrogen) atoms. The van der Waals surface area contributed by atoms with Gasteiger partial charge in [-0.2, -0.15) is 4.98 Å². The Morgan fingerprint density at radius 1 is 1.21 bits per heavy atom. The summed E-state index contributed by atoms with van der Waals surface area (Å²) in [5.74, 6) is 2.32. The average molecular weight is 394 g/mol. The van der Waals surface area contributed by atoms with Crippen LogP contribution in [0.15, 0.2) is 41.1 Å². The molecule has 1 aromatic carbocycles. The summed E-state index contributed by atoms with van der Waals surface area (Å²) in [6, 6.07) is 9.57. The third kappa shape index (κ3) is 3.35. The average Bonchev–Trinajstić information content (AvgIpc) is 3.47. The molecule has 0 radical (unpaired) electrons. The van der Waals surface area contributed by atoms with E-state index >= 15 is 0 Å². The number of ether oxygens (including phenoxy) is 2. The second kappa shape index (κ2) is 7.27. The lowest BCUT2D eigenvalue weighted by Gasteiger charge is -2.33. The van der Waals surface area contributed by atoms with Gasteiger partial charge in [-0.1, -0.05) is 5.16 Å². The van der Waals surface area contributed by atoms with E-state index in [9.17, 15) is 4.79 Å². The summed E-state index contributed by atoms with van der Waals surface area (Å²) in [6.07, 6.45) is 5.18. The number of likely N-dealkylation sites (tertiary alicyclic amines) is 1. The smallest absolute Gasteiger partial charge is 0.274 e. The number of aromatic nitrogens is 3. The fraction of sp³-hybridized carbons (Fsp3) is 0.381. The third-order valence-corrected chi connectivity index (χ3v) is 5.53. The van der Waals surface area contributed by atoms with E-state index in [1.54, 1.807) is 0 Å². The number of carbonyl (C=O) groups excluding carboxylic acids is 1. The Kier molecular flexibility index (Phi) is 4.46. The van der Waals surface area contributed by atoms with Crippen LogP contribution in [0.25, 0.3) is 23.0 Å². The van der Waals surface area contributed by atoms with E-state index in [4.69, 9.17) is 14.0 Å². The molecule has 8 nitrogen and oxygen atoms in total.